The molecule has 1 aliphatic heterocycles. The van der Waals surface area contributed by atoms with Crippen LogP contribution >= 0.6 is 0 Å². The van der Waals surface area contributed by atoms with Crippen LogP contribution in [0, 0.1) is 5.41 Å². The van der Waals surface area contributed by atoms with Gasteiger partial charge in [-0.25, -0.2) is 8.42 Å². The average Bonchev–Trinajstić information content (AvgIpc) is 2.91. The van der Waals surface area contributed by atoms with Crippen molar-refractivity contribution in [2.24, 2.45) is 5.41 Å². The fourth-order valence-electron chi connectivity index (χ4n) is 3.54. The van der Waals surface area contributed by atoms with Crippen LogP contribution in [0.15, 0.2) is 17.3 Å². The second-order valence-electron chi connectivity index (χ2n) is 5.94. The highest BCUT2D eigenvalue weighted by Crippen LogP contribution is 2.51. The van der Waals surface area contributed by atoms with E-state index in [-0.39, 0.29) is 11.5 Å². The minimum absolute atomic E-state index is 0.102. The van der Waals surface area contributed by atoms with Crippen molar-refractivity contribution in [2.45, 2.75) is 57.1 Å². The number of aromatic nitrogens is 2. The Morgan fingerprint density at radius 3 is 2.74 bits per heavy atom. The van der Waals surface area contributed by atoms with Gasteiger partial charge in [0.15, 0.2) is 5.03 Å². The van der Waals surface area contributed by atoms with Crippen LogP contribution in [0.25, 0.3) is 0 Å². The molecule has 0 bridgehead atoms. The molecule has 1 unspecified atom stereocenters. The fourth-order valence-corrected chi connectivity index (χ4v) is 5.45. The maximum atomic E-state index is 12.8. The molecule has 1 atom stereocenters. The van der Waals surface area contributed by atoms with Gasteiger partial charge in [-0.15, -0.1) is 0 Å². The Morgan fingerprint density at radius 1 is 1.47 bits per heavy atom. The monoisotopic (exact) mass is 283 g/mol. The normalized spacial score (nSPS) is 26.7. The zero-order valence-electron chi connectivity index (χ0n) is 11.5. The van der Waals surface area contributed by atoms with Crippen LogP contribution in [0.4, 0.5) is 0 Å². The fraction of sp³-hybridized carbons (Fsp3) is 0.769. The quantitative estimate of drug-likeness (QED) is 0.850. The molecular weight excluding hydrogens is 262 g/mol. The Hall–Kier alpha value is -0.880. The number of hydrogen-bond donors (Lipinski definition) is 0. The molecule has 1 aliphatic carbocycles. The molecule has 0 amide bonds. The highest BCUT2D eigenvalue weighted by Gasteiger charge is 2.50. The van der Waals surface area contributed by atoms with Gasteiger partial charge in [-0.2, -0.15) is 9.40 Å². The Morgan fingerprint density at radius 2 is 2.21 bits per heavy atom. The van der Waals surface area contributed by atoms with Crippen molar-refractivity contribution in [2.75, 3.05) is 6.54 Å². The Labute approximate surface area is 114 Å². The summed E-state index contributed by atoms with van der Waals surface area (Å²) >= 11 is 0. The summed E-state index contributed by atoms with van der Waals surface area (Å²) in [6.07, 6.45) is 6.17. The third-order valence-corrected chi connectivity index (χ3v) is 6.66. The first-order valence-electron chi connectivity index (χ1n) is 7.02. The third-order valence-electron chi connectivity index (χ3n) is 4.68. The summed E-state index contributed by atoms with van der Waals surface area (Å²) in [5.74, 6) is 0. The summed E-state index contributed by atoms with van der Waals surface area (Å²) in [7, 11) is -3.40. The highest BCUT2D eigenvalue weighted by molar-refractivity contribution is 7.89. The van der Waals surface area contributed by atoms with Crippen molar-refractivity contribution >= 4 is 10.0 Å². The van der Waals surface area contributed by atoms with Gasteiger partial charge in [-0.1, -0.05) is 6.42 Å². The van der Waals surface area contributed by atoms with Gasteiger partial charge in [0.25, 0.3) is 10.0 Å². The van der Waals surface area contributed by atoms with Crippen LogP contribution < -0.4 is 0 Å². The van der Waals surface area contributed by atoms with Crippen LogP contribution in [-0.4, -0.2) is 35.1 Å². The highest BCUT2D eigenvalue weighted by atomic mass is 32.2. The van der Waals surface area contributed by atoms with Crippen molar-refractivity contribution in [1.82, 2.24) is 14.1 Å². The van der Waals surface area contributed by atoms with E-state index in [4.69, 9.17) is 0 Å². The Balaban J connectivity index is 1.93. The molecule has 0 N–H and O–H groups in total. The molecule has 2 fully saturated rings. The first-order valence-corrected chi connectivity index (χ1v) is 8.46. The van der Waals surface area contributed by atoms with Gasteiger partial charge in [0, 0.05) is 19.1 Å². The molecule has 2 heterocycles. The lowest BCUT2D eigenvalue weighted by atomic mass is 9.68. The van der Waals surface area contributed by atoms with Crippen LogP contribution in [0.1, 0.15) is 39.5 Å². The molecule has 0 radical (unpaired) electrons. The van der Waals surface area contributed by atoms with E-state index in [0.29, 0.717) is 18.1 Å². The summed E-state index contributed by atoms with van der Waals surface area (Å²) in [4.78, 5) is 0. The molecule has 0 aromatic carbocycles. The second-order valence-corrected chi connectivity index (χ2v) is 7.78. The standard InChI is InChI=1S/C13H21N3O2S/c1-3-15-12(5-8-14-15)19(17,18)16-10-13(6-4-7-13)9-11(16)2/h5,8,11H,3-4,6-7,9-10H2,1-2H3. The lowest BCUT2D eigenvalue weighted by Crippen LogP contribution is -2.38. The van der Waals surface area contributed by atoms with Gasteiger partial charge < -0.3 is 0 Å². The molecule has 1 saturated heterocycles. The van der Waals surface area contributed by atoms with Crippen LogP contribution in [-0.2, 0) is 16.6 Å². The van der Waals surface area contributed by atoms with Crippen LogP contribution in [0.3, 0.4) is 0 Å². The summed E-state index contributed by atoms with van der Waals surface area (Å²) in [5.41, 5.74) is 0.267. The van der Waals surface area contributed by atoms with Crippen molar-refractivity contribution < 1.29 is 8.42 Å². The lowest BCUT2D eigenvalue weighted by Gasteiger charge is -2.38. The van der Waals surface area contributed by atoms with E-state index in [0.717, 1.165) is 6.42 Å². The van der Waals surface area contributed by atoms with Gasteiger partial charge in [0.05, 0.1) is 6.20 Å². The molecule has 3 rings (SSSR count). The summed E-state index contributed by atoms with van der Waals surface area (Å²) < 4.78 is 28.8. The van der Waals surface area contributed by atoms with Gasteiger partial charge in [-0.05, 0) is 44.6 Å². The molecule has 19 heavy (non-hydrogen) atoms. The summed E-state index contributed by atoms with van der Waals surface area (Å²) in [6, 6.07) is 1.71. The first kappa shape index (κ1) is 13.1. The SMILES string of the molecule is CCn1nccc1S(=O)(=O)N1CC2(CCC2)CC1C. The smallest absolute Gasteiger partial charge is 0.253 e. The van der Waals surface area contributed by atoms with E-state index in [2.05, 4.69) is 5.10 Å². The second kappa shape index (κ2) is 4.31. The predicted molar refractivity (Wildman–Crippen MR) is 72.2 cm³/mol. The van der Waals surface area contributed by atoms with Crippen molar-refractivity contribution in [3.8, 4) is 0 Å². The molecule has 2 aliphatic rings. The van der Waals surface area contributed by atoms with Crippen LogP contribution in [0.2, 0.25) is 0 Å². The topological polar surface area (TPSA) is 55.2 Å². The molecule has 106 valence electrons. The Kier molecular flexibility index (Phi) is 2.98. The molecule has 5 nitrogen and oxygen atoms in total. The number of sulfonamides is 1. The first-order chi connectivity index (χ1) is 8.98. The van der Waals surface area contributed by atoms with Gasteiger partial charge in [0.1, 0.15) is 0 Å². The van der Waals surface area contributed by atoms with E-state index in [9.17, 15) is 8.42 Å². The van der Waals surface area contributed by atoms with Crippen molar-refractivity contribution in [3.05, 3.63) is 12.3 Å². The van der Waals surface area contributed by atoms with Crippen LogP contribution in [0.5, 0.6) is 0 Å². The Bertz CT molecular complexity index is 574. The van der Waals surface area contributed by atoms with E-state index in [1.54, 1.807) is 21.3 Å². The third kappa shape index (κ3) is 1.92. The van der Waals surface area contributed by atoms with Crippen molar-refractivity contribution in [3.63, 3.8) is 0 Å². The van der Waals surface area contributed by atoms with Gasteiger partial charge in [-0.3, -0.25) is 4.68 Å². The zero-order valence-corrected chi connectivity index (χ0v) is 12.4. The minimum atomic E-state index is -3.40. The minimum Gasteiger partial charge on any atom is -0.253 e. The molecule has 1 aromatic heterocycles. The molecule has 6 heteroatoms. The van der Waals surface area contributed by atoms with Crippen molar-refractivity contribution in [1.29, 1.82) is 0 Å². The van der Waals surface area contributed by atoms with Gasteiger partial charge in [0.2, 0.25) is 0 Å². The average molecular weight is 283 g/mol. The predicted octanol–water partition coefficient (Wildman–Crippen LogP) is 1.86. The molecular formula is C13H21N3O2S. The molecule has 1 spiro atoms. The number of hydrogen-bond acceptors (Lipinski definition) is 3. The summed E-state index contributed by atoms with van der Waals surface area (Å²) in [6.45, 7) is 5.20. The van der Waals surface area contributed by atoms with E-state index >= 15 is 0 Å². The number of rotatable bonds is 3. The molecule has 1 aromatic rings. The largest absolute Gasteiger partial charge is 0.260 e. The van der Waals surface area contributed by atoms with E-state index in [1.165, 1.54) is 19.3 Å². The number of aryl methyl sites for hydroxylation is 1. The zero-order chi connectivity index (χ0) is 13.7. The maximum absolute atomic E-state index is 12.8. The maximum Gasteiger partial charge on any atom is 0.260 e. The summed E-state index contributed by atoms with van der Waals surface area (Å²) in [5, 5.41) is 4.41. The molecule has 1 saturated carbocycles. The number of nitrogens with zero attached hydrogens (tertiary/aromatic N) is 3. The van der Waals surface area contributed by atoms with E-state index < -0.39 is 10.0 Å². The van der Waals surface area contributed by atoms with Gasteiger partial charge >= 0.3 is 0 Å². The lowest BCUT2D eigenvalue weighted by molar-refractivity contribution is 0.152. The van der Waals surface area contributed by atoms with E-state index in [1.807, 2.05) is 13.8 Å².